The maximum absolute atomic E-state index is 2.25. The van der Waals surface area contributed by atoms with Gasteiger partial charge in [0.15, 0.2) is 0 Å². The first-order valence-electron chi connectivity index (χ1n) is 5.39. The average molecular weight is 196 g/mol. The standard InChI is InChI=1S/C15H16/c1-12-8-10-15(11-9-12)13(2)14-6-4-3-5-7-14/h3-11,13H,1-2H3/t13-/m0/s1. The van der Waals surface area contributed by atoms with E-state index in [-0.39, 0.29) is 0 Å². The lowest BCUT2D eigenvalue weighted by molar-refractivity contribution is 0.921. The summed E-state index contributed by atoms with van der Waals surface area (Å²) in [5, 5.41) is 0. The molecule has 1 atom stereocenters. The van der Waals surface area contributed by atoms with Crippen LogP contribution in [0.15, 0.2) is 54.6 Å². The Hall–Kier alpha value is -1.56. The Bertz CT molecular complexity index is 412. The number of hydrogen-bond acceptors (Lipinski definition) is 0. The highest BCUT2D eigenvalue weighted by Gasteiger charge is 2.06. The molecule has 0 fully saturated rings. The largest absolute Gasteiger partial charge is 0.0622 e. The van der Waals surface area contributed by atoms with Crippen LogP contribution in [0, 0.1) is 6.92 Å². The summed E-state index contributed by atoms with van der Waals surface area (Å²) < 4.78 is 0. The van der Waals surface area contributed by atoms with Crippen molar-refractivity contribution in [2.75, 3.05) is 0 Å². The highest BCUT2D eigenvalue weighted by molar-refractivity contribution is 5.32. The lowest BCUT2D eigenvalue weighted by Gasteiger charge is -2.12. The molecular weight excluding hydrogens is 180 g/mol. The molecule has 76 valence electrons. The predicted octanol–water partition coefficient (Wildman–Crippen LogP) is 4.15. The van der Waals surface area contributed by atoms with Crippen molar-refractivity contribution in [1.82, 2.24) is 0 Å². The third-order valence-electron chi connectivity index (χ3n) is 2.88. The van der Waals surface area contributed by atoms with Gasteiger partial charge < -0.3 is 0 Å². The third kappa shape index (κ3) is 2.27. The van der Waals surface area contributed by atoms with E-state index in [4.69, 9.17) is 0 Å². The zero-order chi connectivity index (χ0) is 10.7. The van der Waals surface area contributed by atoms with Gasteiger partial charge in [-0.05, 0) is 18.1 Å². The Kier molecular flexibility index (Phi) is 2.86. The summed E-state index contributed by atoms with van der Waals surface area (Å²) >= 11 is 0. The summed E-state index contributed by atoms with van der Waals surface area (Å²) in [6, 6.07) is 19.4. The van der Waals surface area contributed by atoms with Crippen molar-refractivity contribution in [3.05, 3.63) is 71.3 Å². The number of aryl methyl sites for hydroxylation is 1. The number of rotatable bonds is 2. The molecule has 0 aromatic heterocycles. The molecule has 0 radical (unpaired) electrons. The van der Waals surface area contributed by atoms with E-state index in [0.717, 1.165) is 0 Å². The zero-order valence-corrected chi connectivity index (χ0v) is 9.27. The molecule has 0 aliphatic rings. The van der Waals surface area contributed by atoms with Crippen molar-refractivity contribution in [3.63, 3.8) is 0 Å². The summed E-state index contributed by atoms with van der Waals surface area (Å²) in [6.45, 7) is 4.37. The maximum atomic E-state index is 2.25. The molecule has 2 aromatic rings. The van der Waals surface area contributed by atoms with Crippen molar-refractivity contribution >= 4 is 0 Å². The smallest absolute Gasteiger partial charge is 0.00610 e. The summed E-state index contributed by atoms with van der Waals surface area (Å²) in [7, 11) is 0. The minimum atomic E-state index is 0.479. The zero-order valence-electron chi connectivity index (χ0n) is 9.27. The van der Waals surface area contributed by atoms with Crippen LogP contribution in [0.5, 0.6) is 0 Å². The molecule has 0 amide bonds. The molecule has 2 rings (SSSR count). The first-order valence-corrected chi connectivity index (χ1v) is 5.39. The van der Waals surface area contributed by atoms with E-state index >= 15 is 0 Å². The number of hydrogen-bond donors (Lipinski definition) is 0. The van der Waals surface area contributed by atoms with Gasteiger partial charge in [0.25, 0.3) is 0 Å². The normalized spacial score (nSPS) is 12.4. The van der Waals surface area contributed by atoms with Crippen molar-refractivity contribution in [1.29, 1.82) is 0 Å². The molecule has 0 aliphatic heterocycles. The van der Waals surface area contributed by atoms with E-state index in [9.17, 15) is 0 Å². The topological polar surface area (TPSA) is 0 Å². The molecule has 2 aromatic carbocycles. The molecular formula is C15H16. The second-order valence-electron chi connectivity index (χ2n) is 4.04. The van der Waals surface area contributed by atoms with Crippen molar-refractivity contribution in [3.8, 4) is 0 Å². The lowest BCUT2D eigenvalue weighted by atomic mass is 9.93. The minimum Gasteiger partial charge on any atom is -0.0622 e. The van der Waals surface area contributed by atoms with Crippen molar-refractivity contribution in [2.24, 2.45) is 0 Å². The van der Waals surface area contributed by atoms with E-state index in [0.29, 0.717) is 5.92 Å². The fourth-order valence-corrected chi connectivity index (χ4v) is 1.79. The average Bonchev–Trinajstić information content (AvgIpc) is 2.30. The van der Waals surface area contributed by atoms with E-state index in [2.05, 4.69) is 68.4 Å². The van der Waals surface area contributed by atoms with Crippen LogP contribution in [-0.2, 0) is 0 Å². The monoisotopic (exact) mass is 196 g/mol. The molecule has 15 heavy (non-hydrogen) atoms. The van der Waals surface area contributed by atoms with E-state index in [1.54, 1.807) is 0 Å². The quantitative estimate of drug-likeness (QED) is 0.677. The first-order chi connectivity index (χ1) is 7.27. The van der Waals surface area contributed by atoms with Gasteiger partial charge in [0, 0.05) is 5.92 Å². The van der Waals surface area contributed by atoms with Crippen LogP contribution in [-0.4, -0.2) is 0 Å². The Morgan fingerprint density at radius 2 is 1.27 bits per heavy atom. The highest BCUT2D eigenvalue weighted by Crippen LogP contribution is 2.23. The maximum Gasteiger partial charge on any atom is 0.00610 e. The van der Waals surface area contributed by atoms with Gasteiger partial charge in [-0.1, -0.05) is 67.1 Å². The van der Waals surface area contributed by atoms with Gasteiger partial charge in [-0.25, -0.2) is 0 Å². The molecule has 0 bridgehead atoms. The molecule has 0 heterocycles. The van der Waals surface area contributed by atoms with Gasteiger partial charge in [-0.2, -0.15) is 0 Å². The minimum absolute atomic E-state index is 0.479. The Morgan fingerprint density at radius 1 is 0.733 bits per heavy atom. The Balaban J connectivity index is 2.29. The van der Waals surface area contributed by atoms with Crippen LogP contribution in [0.3, 0.4) is 0 Å². The molecule has 0 saturated heterocycles. The Morgan fingerprint density at radius 3 is 1.87 bits per heavy atom. The van der Waals surface area contributed by atoms with Gasteiger partial charge in [0.05, 0.1) is 0 Å². The lowest BCUT2D eigenvalue weighted by Crippen LogP contribution is -1.95. The number of benzene rings is 2. The van der Waals surface area contributed by atoms with Gasteiger partial charge in [0.2, 0.25) is 0 Å². The SMILES string of the molecule is Cc1ccc([C@@H](C)c2ccccc2)cc1. The van der Waals surface area contributed by atoms with Crippen molar-refractivity contribution < 1.29 is 0 Å². The van der Waals surface area contributed by atoms with Crippen LogP contribution in [0.25, 0.3) is 0 Å². The Labute approximate surface area is 91.6 Å². The van der Waals surface area contributed by atoms with Crippen LogP contribution >= 0.6 is 0 Å². The van der Waals surface area contributed by atoms with Gasteiger partial charge in [-0.15, -0.1) is 0 Å². The predicted molar refractivity (Wildman–Crippen MR) is 65.1 cm³/mol. The van der Waals surface area contributed by atoms with Gasteiger partial charge >= 0.3 is 0 Å². The van der Waals surface area contributed by atoms with Crippen LogP contribution in [0.2, 0.25) is 0 Å². The fraction of sp³-hybridized carbons (Fsp3) is 0.200. The third-order valence-corrected chi connectivity index (χ3v) is 2.88. The van der Waals surface area contributed by atoms with Gasteiger partial charge in [0.1, 0.15) is 0 Å². The summed E-state index contributed by atoms with van der Waals surface area (Å²) in [6.07, 6.45) is 0. The summed E-state index contributed by atoms with van der Waals surface area (Å²) in [5.74, 6) is 0.479. The van der Waals surface area contributed by atoms with Gasteiger partial charge in [-0.3, -0.25) is 0 Å². The highest BCUT2D eigenvalue weighted by atomic mass is 14.1. The van der Waals surface area contributed by atoms with Crippen LogP contribution in [0.4, 0.5) is 0 Å². The van der Waals surface area contributed by atoms with E-state index in [1.807, 2.05) is 0 Å². The van der Waals surface area contributed by atoms with Crippen LogP contribution < -0.4 is 0 Å². The molecule has 0 unspecified atom stereocenters. The van der Waals surface area contributed by atoms with Crippen molar-refractivity contribution in [2.45, 2.75) is 19.8 Å². The molecule has 0 nitrogen and oxygen atoms in total. The molecule has 0 heteroatoms. The second kappa shape index (κ2) is 4.31. The van der Waals surface area contributed by atoms with E-state index < -0.39 is 0 Å². The summed E-state index contributed by atoms with van der Waals surface area (Å²) in [5.41, 5.74) is 4.08. The van der Waals surface area contributed by atoms with Crippen LogP contribution in [0.1, 0.15) is 29.5 Å². The second-order valence-corrected chi connectivity index (χ2v) is 4.04. The fourth-order valence-electron chi connectivity index (χ4n) is 1.79. The van der Waals surface area contributed by atoms with E-state index in [1.165, 1.54) is 16.7 Å². The molecule has 0 spiro atoms. The molecule has 0 N–H and O–H groups in total. The molecule has 0 saturated carbocycles. The summed E-state index contributed by atoms with van der Waals surface area (Å²) in [4.78, 5) is 0. The first kappa shape index (κ1) is 9.97. The molecule has 0 aliphatic carbocycles.